The summed E-state index contributed by atoms with van der Waals surface area (Å²) in [6.45, 7) is 0. The van der Waals surface area contributed by atoms with Crippen LogP contribution in [0, 0.1) is 0 Å². The summed E-state index contributed by atoms with van der Waals surface area (Å²) in [5.41, 5.74) is 14.9. The molecule has 0 aliphatic rings. The lowest BCUT2D eigenvalue weighted by Gasteiger charge is -2.21. The van der Waals surface area contributed by atoms with E-state index < -0.39 is 0 Å². The second kappa shape index (κ2) is 16.3. The molecule has 0 radical (unpaired) electrons. The molecule has 0 bridgehead atoms. The molecular weight excluding hydrogens is 841 g/mol. The molecule has 0 aliphatic carbocycles. The van der Waals surface area contributed by atoms with Gasteiger partial charge in [0.15, 0.2) is 0 Å². The van der Waals surface area contributed by atoms with Crippen LogP contribution in [0.4, 0.5) is 0 Å². The van der Waals surface area contributed by atoms with Gasteiger partial charge in [-0.1, -0.05) is 255 Å². The van der Waals surface area contributed by atoms with Gasteiger partial charge in [-0.05, 0) is 154 Å². The van der Waals surface area contributed by atoms with Gasteiger partial charge in [-0.15, -0.1) is 0 Å². The van der Waals surface area contributed by atoms with Crippen LogP contribution in [0.5, 0.6) is 0 Å². The molecule has 0 unspecified atom stereocenters. The maximum Gasteiger partial charge on any atom is -0.00201 e. The molecule has 0 heteroatoms. The molecule has 14 aromatic rings. The Hall–Kier alpha value is -9.10. The quantitative estimate of drug-likeness (QED) is 0.146. The third kappa shape index (κ3) is 6.45. The first-order chi connectivity index (χ1) is 34.7. The van der Waals surface area contributed by atoms with Crippen molar-refractivity contribution in [3.63, 3.8) is 0 Å². The molecular formula is C70H44. The molecule has 0 fully saturated rings. The van der Waals surface area contributed by atoms with Crippen molar-refractivity contribution < 1.29 is 0 Å². The van der Waals surface area contributed by atoms with Gasteiger partial charge in [0.2, 0.25) is 0 Å². The van der Waals surface area contributed by atoms with Gasteiger partial charge in [0.1, 0.15) is 0 Å². The normalized spacial score (nSPS) is 11.7. The zero-order valence-electron chi connectivity index (χ0n) is 38.4. The van der Waals surface area contributed by atoms with Crippen LogP contribution in [0.25, 0.3) is 142 Å². The lowest BCUT2D eigenvalue weighted by Crippen LogP contribution is -1.94. The van der Waals surface area contributed by atoms with Gasteiger partial charge in [-0.2, -0.15) is 0 Å². The summed E-state index contributed by atoms with van der Waals surface area (Å²) in [7, 11) is 0. The maximum atomic E-state index is 2.40. The van der Waals surface area contributed by atoms with Crippen LogP contribution in [0.3, 0.4) is 0 Å². The summed E-state index contributed by atoms with van der Waals surface area (Å²) >= 11 is 0. The lowest BCUT2D eigenvalue weighted by molar-refractivity contribution is 1.63. The van der Waals surface area contributed by atoms with E-state index in [4.69, 9.17) is 0 Å². The average molecular weight is 885 g/mol. The van der Waals surface area contributed by atoms with Crippen LogP contribution in [0.15, 0.2) is 267 Å². The molecule has 0 atom stereocenters. The Balaban J connectivity index is 0.925. The third-order valence-corrected chi connectivity index (χ3v) is 14.8. The summed E-state index contributed by atoms with van der Waals surface area (Å²) in [6, 6.07) is 99.0. The van der Waals surface area contributed by atoms with Crippen LogP contribution in [0.1, 0.15) is 0 Å². The predicted octanol–water partition coefficient (Wildman–Crippen LogP) is 19.8. The van der Waals surface area contributed by atoms with Crippen LogP contribution in [-0.4, -0.2) is 0 Å². The zero-order chi connectivity index (χ0) is 46.1. The molecule has 0 aliphatic heterocycles. The number of rotatable bonds is 6. The van der Waals surface area contributed by atoms with Gasteiger partial charge >= 0.3 is 0 Å². The van der Waals surface area contributed by atoms with E-state index in [1.165, 1.54) is 142 Å². The number of fused-ring (bicyclic) bond motifs is 7. The van der Waals surface area contributed by atoms with Crippen LogP contribution in [-0.2, 0) is 0 Å². The van der Waals surface area contributed by atoms with Crippen molar-refractivity contribution in [1.29, 1.82) is 0 Å². The van der Waals surface area contributed by atoms with Crippen molar-refractivity contribution in [3.05, 3.63) is 267 Å². The standard InChI is InChI=1S/C70H44/c1-3-17-51-43-53(39-33-45(51)15-1)47-29-35-49(36-30-47)67-57-21-7-11-25-61(57)69(62-26-12-8-22-58(62)67)65-41-42-66(56-20-6-5-19-55(56)65)70-63-27-13-9-23-59(63)68(60-24-10-14-28-64(60)70)50-37-31-48(32-38-50)54-40-34-46-16-2-4-18-52(46)44-54/h1-44H. The lowest BCUT2D eigenvalue weighted by atomic mass is 9.82. The van der Waals surface area contributed by atoms with E-state index in [1.54, 1.807) is 0 Å². The molecule has 324 valence electrons. The van der Waals surface area contributed by atoms with Crippen molar-refractivity contribution >= 4 is 75.4 Å². The monoisotopic (exact) mass is 884 g/mol. The predicted molar refractivity (Wildman–Crippen MR) is 302 cm³/mol. The first kappa shape index (κ1) is 40.0. The second-order valence-corrected chi connectivity index (χ2v) is 18.7. The smallest absolute Gasteiger partial charge is 0.00201 e. The Morgan fingerprint density at radius 1 is 0.143 bits per heavy atom. The Kier molecular flexibility index (Phi) is 9.32. The SMILES string of the molecule is c1ccc2cc(-c3ccc(-c4c5ccccc5c(-c5ccc(-c6c7ccccc7c(-c7ccc(-c8ccc9ccccc9c8)cc7)c7ccccc67)c6ccccc56)c5ccccc45)cc3)ccc2c1. The van der Waals surface area contributed by atoms with Crippen LogP contribution < -0.4 is 0 Å². The maximum absolute atomic E-state index is 2.40. The van der Waals surface area contributed by atoms with E-state index >= 15 is 0 Å². The Bertz CT molecular complexity index is 3980. The number of hydrogen-bond donors (Lipinski definition) is 0. The summed E-state index contributed by atoms with van der Waals surface area (Å²) < 4.78 is 0. The number of hydrogen-bond acceptors (Lipinski definition) is 0. The van der Waals surface area contributed by atoms with E-state index in [2.05, 4.69) is 267 Å². The highest BCUT2D eigenvalue weighted by Gasteiger charge is 2.22. The first-order valence-electron chi connectivity index (χ1n) is 24.3. The summed E-state index contributed by atoms with van der Waals surface area (Å²) in [6.07, 6.45) is 0. The van der Waals surface area contributed by atoms with Crippen molar-refractivity contribution in [2.45, 2.75) is 0 Å². The fraction of sp³-hybridized carbons (Fsp3) is 0. The van der Waals surface area contributed by atoms with Gasteiger partial charge in [-0.25, -0.2) is 0 Å². The van der Waals surface area contributed by atoms with Gasteiger partial charge in [0.25, 0.3) is 0 Å². The number of benzene rings is 14. The van der Waals surface area contributed by atoms with Crippen LogP contribution >= 0.6 is 0 Å². The Labute approximate surface area is 407 Å². The van der Waals surface area contributed by atoms with Crippen molar-refractivity contribution in [2.24, 2.45) is 0 Å². The highest BCUT2D eigenvalue weighted by atomic mass is 14.2. The zero-order valence-corrected chi connectivity index (χ0v) is 38.4. The molecule has 0 amide bonds. The van der Waals surface area contributed by atoms with Crippen molar-refractivity contribution in [1.82, 2.24) is 0 Å². The molecule has 70 heavy (non-hydrogen) atoms. The topological polar surface area (TPSA) is 0 Å². The molecule has 0 heterocycles. The van der Waals surface area contributed by atoms with Crippen molar-refractivity contribution in [2.75, 3.05) is 0 Å². The van der Waals surface area contributed by atoms with Gasteiger partial charge < -0.3 is 0 Å². The average Bonchev–Trinajstić information content (AvgIpc) is 3.43. The fourth-order valence-electron chi connectivity index (χ4n) is 11.6. The van der Waals surface area contributed by atoms with Gasteiger partial charge in [0.05, 0.1) is 0 Å². The minimum absolute atomic E-state index is 1.21. The summed E-state index contributed by atoms with van der Waals surface area (Å²) in [5, 5.41) is 17.5. The van der Waals surface area contributed by atoms with E-state index in [0.29, 0.717) is 0 Å². The molecule has 0 N–H and O–H groups in total. The second-order valence-electron chi connectivity index (χ2n) is 18.7. The van der Waals surface area contributed by atoms with Gasteiger partial charge in [0, 0.05) is 0 Å². The molecule has 0 spiro atoms. The fourth-order valence-corrected chi connectivity index (χ4v) is 11.6. The third-order valence-electron chi connectivity index (χ3n) is 14.8. The first-order valence-corrected chi connectivity index (χ1v) is 24.3. The molecule has 14 aromatic carbocycles. The summed E-state index contributed by atoms with van der Waals surface area (Å²) in [4.78, 5) is 0. The van der Waals surface area contributed by atoms with Crippen molar-refractivity contribution in [3.8, 4) is 66.8 Å². The molecule has 0 saturated heterocycles. The van der Waals surface area contributed by atoms with Gasteiger partial charge in [-0.3, -0.25) is 0 Å². The highest BCUT2D eigenvalue weighted by Crippen LogP contribution is 2.50. The minimum Gasteiger partial charge on any atom is -0.0616 e. The van der Waals surface area contributed by atoms with E-state index in [1.807, 2.05) is 0 Å². The largest absolute Gasteiger partial charge is 0.0616 e. The molecule has 0 saturated carbocycles. The Morgan fingerprint density at radius 3 is 0.714 bits per heavy atom. The molecule has 0 aromatic heterocycles. The van der Waals surface area contributed by atoms with E-state index in [0.717, 1.165) is 0 Å². The minimum atomic E-state index is 1.21. The summed E-state index contributed by atoms with van der Waals surface area (Å²) in [5.74, 6) is 0. The van der Waals surface area contributed by atoms with E-state index in [9.17, 15) is 0 Å². The molecule has 0 nitrogen and oxygen atoms in total. The van der Waals surface area contributed by atoms with E-state index in [-0.39, 0.29) is 0 Å². The van der Waals surface area contributed by atoms with Crippen LogP contribution in [0.2, 0.25) is 0 Å². The Morgan fingerprint density at radius 2 is 0.386 bits per heavy atom. The highest BCUT2D eigenvalue weighted by molar-refractivity contribution is 6.27. The molecule has 14 rings (SSSR count).